The third-order valence-corrected chi connectivity index (χ3v) is 3.32. The summed E-state index contributed by atoms with van der Waals surface area (Å²) in [5.74, 6) is 2.12. The quantitative estimate of drug-likeness (QED) is 0.835. The van der Waals surface area contributed by atoms with E-state index < -0.39 is 0 Å². The van der Waals surface area contributed by atoms with Crippen LogP contribution >= 0.6 is 0 Å². The van der Waals surface area contributed by atoms with Gasteiger partial charge >= 0.3 is 0 Å². The maximum Gasteiger partial charge on any atom is 0.222 e. The monoisotopic (exact) mass is 279 g/mol. The molecule has 0 spiro atoms. The van der Waals surface area contributed by atoms with Gasteiger partial charge in [0.15, 0.2) is 11.6 Å². The summed E-state index contributed by atoms with van der Waals surface area (Å²) < 4.78 is 5.39. The molecule has 1 aliphatic rings. The lowest BCUT2D eigenvalue weighted by molar-refractivity contribution is -0.132. The fourth-order valence-corrected chi connectivity index (χ4v) is 2.29. The van der Waals surface area contributed by atoms with Gasteiger partial charge in [0.05, 0.1) is 7.11 Å². The highest BCUT2D eigenvalue weighted by Gasteiger charge is 2.24. The lowest BCUT2D eigenvalue weighted by Crippen LogP contribution is -2.43. The summed E-state index contributed by atoms with van der Waals surface area (Å²) in [5, 5.41) is 6.48. The number of anilines is 2. The van der Waals surface area contributed by atoms with E-state index in [1.807, 2.05) is 14.0 Å². The molecule has 1 saturated heterocycles. The Morgan fingerprint density at radius 1 is 1.45 bits per heavy atom. The molecule has 1 aromatic heterocycles. The van der Waals surface area contributed by atoms with E-state index in [0.29, 0.717) is 30.4 Å². The molecule has 2 rings (SSSR count). The molecule has 2 heterocycles. The molecule has 0 saturated carbocycles. The molecule has 0 radical (unpaired) electrons. The first-order chi connectivity index (χ1) is 9.65. The van der Waals surface area contributed by atoms with Crippen molar-refractivity contribution in [1.82, 2.24) is 14.9 Å². The van der Waals surface area contributed by atoms with Crippen molar-refractivity contribution in [2.45, 2.75) is 25.8 Å². The number of nitrogens with zero attached hydrogens (tertiary/aromatic N) is 3. The number of hydrogen-bond acceptors (Lipinski definition) is 6. The second-order valence-corrected chi connectivity index (χ2v) is 4.79. The van der Waals surface area contributed by atoms with Gasteiger partial charge in [-0.3, -0.25) is 4.79 Å². The van der Waals surface area contributed by atoms with Crippen LogP contribution in [-0.4, -0.2) is 54.1 Å². The summed E-state index contributed by atoms with van der Waals surface area (Å²) >= 11 is 0. The molecule has 2 N–H and O–H groups in total. The fraction of sp³-hybridized carbons (Fsp3) is 0.615. The summed E-state index contributed by atoms with van der Waals surface area (Å²) in [7, 11) is 3.42. The largest absolute Gasteiger partial charge is 0.490 e. The lowest BCUT2D eigenvalue weighted by atomic mass is 10.1. The zero-order chi connectivity index (χ0) is 14.5. The summed E-state index contributed by atoms with van der Waals surface area (Å²) in [4.78, 5) is 21.6. The molecule has 1 aliphatic heterocycles. The molecule has 1 atom stereocenters. The number of aromatic nitrogens is 2. The van der Waals surface area contributed by atoms with Gasteiger partial charge in [-0.15, -0.1) is 0 Å². The SMILES string of the molecule is CCNc1ncnc(NC2CCC(=O)N(C)C2)c1OC. The molecule has 1 aromatic rings. The van der Waals surface area contributed by atoms with Gasteiger partial charge in [-0.1, -0.05) is 0 Å². The van der Waals surface area contributed by atoms with Gasteiger partial charge in [-0.2, -0.15) is 0 Å². The van der Waals surface area contributed by atoms with E-state index in [2.05, 4.69) is 20.6 Å². The van der Waals surface area contributed by atoms with E-state index >= 15 is 0 Å². The Morgan fingerprint density at radius 2 is 2.20 bits per heavy atom. The molecule has 1 amide bonds. The van der Waals surface area contributed by atoms with Gasteiger partial charge < -0.3 is 20.3 Å². The number of methoxy groups -OCH3 is 1. The number of amides is 1. The highest BCUT2D eigenvalue weighted by atomic mass is 16.5. The minimum absolute atomic E-state index is 0.177. The van der Waals surface area contributed by atoms with Crippen molar-refractivity contribution < 1.29 is 9.53 Å². The maximum atomic E-state index is 11.5. The number of likely N-dealkylation sites (tertiary alicyclic amines) is 1. The number of hydrogen-bond donors (Lipinski definition) is 2. The molecular weight excluding hydrogens is 258 g/mol. The standard InChI is InChI=1S/C13H21N5O2/c1-4-14-12-11(20-3)13(16-8-15-12)17-9-5-6-10(19)18(2)7-9/h8-9H,4-7H2,1-3H3,(H2,14,15,16,17). The van der Waals surface area contributed by atoms with Crippen LogP contribution in [0.3, 0.4) is 0 Å². The third kappa shape index (κ3) is 3.09. The maximum absolute atomic E-state index is 11.5. The number of piperidine rings is 1. The number of nitrogens with one attached hydrogen (secondary N) is 2. The second-order valence-electron chi connectivity index (χ2n) is 4.79. The first-order valence-electron chi connectivity index (χ1n) is 6.79. The average molecular weight is 279 g/mol. The zero-order valence-corrected chi connectivity index (χ0v) is 12.1. The third-order valence-electron chi connectivity index (χ3n) is 3.32. The van der Waals surface area contributed by atoms with Crippen molar-refractivity contribution in [3.8, 4) is 5.75 Å². The van der Waals surface area contributed by atoms with Gasteiger partial charge in [0.2, 0.25) is 11.7 Å². The highest BCUT2D eigenvalue weighted by molar-refractivity contribution is 5.77. The Morgan fingerprint density at radius 3 is 2.85 bits per heavy atom. The zero-order valence-electron chi connectivity index (χ0n) is 12.1. The minimum Gasteiger partial charge on any atom is -0.490 e. The molecule has 0 aliphatic carbocycles. The number of carbonyl (C=O) groups is 1. The predicted molar refractivity (Wildman–Crippen MR) is 77.0 cm³/mol. The average Bonchev–Trinajstić information content (AvgIpc) is 2.44. The Balaban J connectivity index is 2.12. The first kappa shape index (κ1) is 14.4. The van der Waals surface area contributed by atoms with E-state index in [-0.39, 0.29) is 11.9 Å². The molecule has 1 fully saturated rings. The lowest BCUT2D eigenvalue weighted by Gasteiger charge is -2.30. The topological polar surface area (TPSA) is 79.4 Å². The van der Waals surface area contributed by atoms with Crippen molar-refractivity contribution in [1.29, 1.82) is 0 Å². The number of likely N-dealkylation sites (N-methyl/N-ethyl adjacent to an activating group) is 1. The van der Waals surface area contributed by atoms with Crippen molar-refractivity contribution in [2.24, 2.45) is 0 Å². The molecule has 110 valence electrons. The van der Waals surface area contributed by atoms with Crippen LogP contribution in [0, 0.1) is 0 Å². The van der Waals surface area contributed by atoms with Crippen LogP contribution in [-0.2, 0) is 4.79 Å². The van der Waals surface area contributed by atoms with Crippen molar-refractivity contribution in [3.63, 3.8) is 0 Å². The van der Waals surface area contributed by atoms with Gasteiger partial charge in [0.1, 0.15) is 6.33 Å². The predicted octanol–water partition coefficient (Wildman–Crippen LogP) is 0.950. The van der Waals surface area contributed by atoms with Crippen LogP contribution in [0.4, 0.5) is 11.6 Å². The Kier molecular flexibility index (Phi) is 4.60. The Hall–Kier alpha value is -2.05. The van der Waals surface area contributed by atoms with E-state index in [0.717, 1.165) is 13.0 Å². The summed E-state index contributed by atoms with van der Waals surface area (Å²) in [6.45, 7) is 3.42. The molecule has 7 heteroatoms. The normalized spacial score (nSPS) is 18.9. The van der Waals surface area contributed by atoms with Crippen LogP contribution in [0.5, 0.6) is 5.75 Å². The Bertz CT molecular complexity index is 480. The second kappa shape index (κ2) is 6.40. The van der Waals surface area contributed by atoms with Gasteiger partial charge in [0.25, 0.3) is 0 Å². The summed E-state index contributed by atoms with van der Waals surface area (Å²) in [6, 6.07) is 0.177. The smallest absolute Gasteiger partial charge is 0.222 e. The number of rotatable bonds is 5. The van der Waals surface area contributed by atoms with Gasteiger partial charge in [0, 0.05) is 32.6 Å². The molecule has 0 aromatic carbocycles. The van der Waals surface area contributed by atoms with Crippen LogP contribution in [0.15, 0.2) is 6.33 Å². The van der Waals surface area contributed by atoms with Crippen molar-refractivity contribution >= 4 is 17.5 Å². The number of ether oxygens (including phenoxy) is 1. The minimum atomic E-state index is 0.177. The molecule has 7 nitrogen and oxygen atoms in total. The van der Waals surface area contributed by atoms with Crippen LogP contribution < -0.4 is 15.4 Å². The van der Waals surface area contributed by atoms with E-state index in [9.17, 15) is 4.79 Å². The van der Waals surface area contributed by atoms with E-state index in [1.165, 1.54) is 6.33 Å². The van der Waals surface area contributed by atoms with E-state index in [1.54, 1.807) is 12.0 Å². The summed E-state index contributed by atoms with van der Waals surface area (Å²) in [6.07, 6.45) is 2.86. The van der Waals surface area contributed by atoms with Gasteiger partial charge in [-0.05, 0) is 13.3 Å². The van der Waals surface area contributed by atoms with Crippen LogP contribution in [0.1, 0.15) is 19.8 Å². The first-order valence-corrected chi connectivity index (χ1v) is 6.79. The molecular formula is C13H21N5O2. The number of carbonyl (C=O) groups excluding carboxylic acids is 1. The molecule has 0 bridgehead atoms. The van der Waals surface area contributed by atoms with E-state index in [4.69, 9.17) is 4.74 Å². The molecule has 1 unspecified atom stereocenters. The Labute approximate surface area is 118 Å². The van der Waals surface area contributed by atoms with Crippen molar-refractivity contribution in [2.75, 3.05) is 37.9 Å². The van der Waals surface area contributed by atoms with Gasteiger partial charge in [-0.25, -0.2) is 9.97 Å². The summed E-state index contributed by atoms with van der Waals surface area (Å²) in [5.41, 5.74) is 0. The fourth-order valence-electron chi connectivity index (χ4n) is 2.29. The highest BCUT2D eigenvalue weighted by Crippen LogP contribution is 2.30. The van der Waals surface area contributed by atoms with Crippen LogP contribution in [0.25, 0.3) is 0 Å². The van der Waals surface area contributed by atoms with Crippen molar-refractivity contribution in [3.05, 3.63) is 6.33 Å². The molecule has 20 heavy (non-hydrogen) atoms. The van der Waals surface area contributed by atoms with Crippen LogP contribution in [0.2, 0.25) is 0 Å².